The first kappa shape index (κ1) is 65.7. The second-order valence-corrected chi connectivity index (χ2v) is 22.4. The van der Waals surface area contributed by atoms with Gasteiger partial charge in [0.05, 0.1) is 39.9 Å². The van der Waals surface area contributed by atoms with Crippen molar-refractivity contribution in [2.45, 2.75) is 289 Å². The van der Waals surface area contributed by atoms with Crippen LogP contribution in [0, 0.1) is 0 Å². The zero-order chi connectivity index (χ0) is 49.2. The molecule has 0 aliphatic carbocycles. The van der Waals surface area contributed by atoms with Crippen molar-refractivity contribution in [3.8, 4) is 0 Å². The van der Waals surface area contributed by atoms with E-state index in [2.05, 4.69) is 43.5 Å². The number of hydrogen-bond donors (Lipinski definition) is 2. The van der Waals surface area contributed by atoms with E-state index in [1.165, 1.54) is 212 Å². The smallest absolute Gasteiger partial charge is 0.268 e. The van der Waals surface area contributed by atoms with Crippen molar-refractivity contribution in [2.75, 3.05) is 40.9 Å². The third kappa shape index (κ3) is 52.4. The Morgan fingerprint density at radius 1 is 0.507 bits per heavy atom. The van der Waals surface area contributed by atoms with Gasteiger partial charge < -0.3 is 28.8 Å². The summed E-state index contributed by atoms with van der Waals surface area (Å²) < 4.78 is 23.3. The highest BCUT2D eigenvalue weighted by atomic mass is 31.2. The SMILES string of the molecule is CCCCCCCCCCC/C=C/CC/C=C/CC/C=C/C(O)C(COP(=O)([O-])OCC[N+](C)(C)C)NC(=O)CCCCCCCCCCCCCCCCCCCCCCCCCCCC. The van der Waals surface area contributed by atoms with Crippen molar-refractivity contribution < 1.29 is 32.9 Å². The molecule has 0 rings (SSSR count). The summed E-state index contributed by atoms with van der Waals surface area (Å²) in [6.07, 6.45) is 63.7. The van der Waals surface area contributed by atoms with Crippen LogP contribution in [0.25, 0.3) is 0 Å². The molecule has 0 aromatic rings. The number of carbonyl (C=O) groups excluding carboxylic acids is 1. The third-order valence-corrected chi connectivity index (χ3v) is 14.0. The van der Waals surface area contributed by atoms with Crippen molar-refractivity contribution in [2.24, 2.45) is 0 Å². The van der Waals surface area contributed by atoms with Crippen LogP contribution >= 0.6 is 7.82 Å². The lowest BCUT2D eigenvalue weighted by atomic mass is 10.0. The average molecular weight is 966 g/mol. The van der Waals surface area contributed by atoms with Crippen molar-refractivity contribution in [3.63, 3.8) is 0 Å². The highest BCUT2D eigenvalue weighted by Gasteiger charge is 2.23. The normalized spacial score (nSPS) is 14.2. The predicted molar refractivity (Wildman–Crippen MR) is 288 cm³/mol. The van der Waals surface area contributed by atoms with Gasteiger partial charge >= 0.3 is 0 Å². The summed E-state index contributed by atoms with van der Waals surface area (Å²) in [4.78, 5) is 25.5. The highest BCUT2D eigenvalue weighted by molar-refractivity contribution is 7.45. The van der Waals surface area contributed by atoms with Crippen LogP contribution in [0.15, 0.2) is 36.5 Å². The van der Waals surface area contributed by atoms with Gasteiger partial charge in [-0.15, -0.1) is 0 Å². The summed E-state index contributed by atoms with van der Waals surface area (Å²) in [7, 11) is 1.24. The van der Waals surface area contributed by atoms with Gasteiger partial charge in [-0.25, -0.2) is 0 Å². The van der Waals surface area contributed by atoms with E-state index in [9.17, 15) is 19.4 Å². The van der Waals surface area contributed by atoms with Crippen LogP contribution in [0.4, 0.5) is 0 Å². The maximum atomic E-state index is 13.0. The molecule has 0 fully saturated rings. The fourth-order valence-electron chi connectivity index (χ4n) is 8.54. The number of amides is 1. The minimum Gasteiger partial charge on any atom is -0.756 e. The molecular formula is C58H113N2O6P. The first-order valence-corrected chi connectivity index (χ1v) is 30.3. The van der Waals surface area contributed by atoms with E-state index in [0.29, 0.717) is 17.4 Å². The molecule has 3 unspecified atom stereocenters. The zero-order valence-electron chi connectivity index (χ0n) is 45.1. The van der Waals surface area contributed by atoms with Crippen LogP contribution < -0.4 is 10.2 Å². The van der Waals surface area contributed by atoms with Crippen molar-refractivity contribution in [1.82, 2.24) is 5.32 Å². The number of quaternary nitrogens is 1. The lowest BCUT2D eigenvalue weighted by molar-refractivity contribution is -0.870. The Labute approximate surface area is 417 Å². The highest BCUT2D eigenvalue weighted by Crippen LogP contribution is 2.38. The number of unbranched alkanes of at least 4 members (excludes halogenated alkanes) is 36. The molecule has 1 amide bonds. The van der Waals surface area contributed by atoms with Gasteiger partial charge in [0.25, 0.3) is 7.82 Å². The average Bonchev–Trinajstić information content (AvgIpc) is 3.29. The van der Waals surface area contributed by atoms with Gasteiger partial charge in [0.1, 0.15) is 13.2 Å². The van der Waals surface area contributed by atoms with Gasteiger partial charge in [0, 0.05) is 6.42 Å². The number of phosphoric ester groups is 1. The zero-order valence-corrected chi connectivity index (χ0v) is 46.0. The monoisotopic (exact) mass is 965 g/mol. The summed E-state index contributed by atoms with van der Waals surface area (Å²) in [6.45, 7) is 4.65. The molecule has 2 N–H and O–H groups in total. The van der Waals surface area contributed by atoms with Gasteiger partial charge in [-0.1, -0.05) is 262 Å². The molecule has 0 aliphatic rings. The summed E-state index contributed by atoms with van der Waals surface area (Å²) in [6, 6.07) is -0.907. The number of carbonyl (C=O) groups is 1. The molecule has 67 heavy (non-hydrogen) atoms. The van der Waals surface area contributed by atoms with Crippen LogP contribution in [-0.4, -0.2) is 68.5 Å². The number of nitrogens with one attached hydrogen (secondary N) is 1. The number of rotatable bonds is 53. The molecule has 0 aromatic carbocycles. The Kier molecular flexibility index (Phi) is 48.7. The summed E-state index contributed by atoms with van der Waals surface area (Å²) in [5.74, 6) is -0.206. The van der Waals surface area contributed by atoms with Gasteiger partial charge in [-0.3, -0.25) is 9.36 Å². The minimum absolute atomic E-state index is 0.00741. The quantitative estimate of drug-likeness (QED) is 0.0272. The van der Waals surface area contributed by atoms with Crippen LogP contribution in [0.5, 0.6) is 0 Å². The molecule has 0 heterocycles. The van der Waals surface area contributed by atoms with Crippen LogP contribution in [0.2, 0.25) is 0 Å². The summed E-state index contributed by atoms with van der Waals surface area (Å²) in [5, 5.41) is 13.9. The number of nitrogens with zero attached hydrogens (tertiary/aromatic N) is 1. The second-order valence-electron chi connectivity index (χ2n) is 21.0. The summed E-state index contributed by atoms with van der Waals surface area (Å²) in [5.41, 5.74) is 0. The Morgan fingerprint density at radius 3 is 1.21 bits per heavy atom. The third-order valence-electron chi connectivity index (χ3n) is 13.1. The van der Waals surface area contributed by atoms with Crippen molar-refractivity contribution in [1.29, 1.82) is 0 Å². The lowest BCUT2D eigenvalue weighted by Crippen LogP contribution is -2.45. The second kappa shape index (κ2) is 49.7. The molecule has 0 aliphatic heterocycles. The van der Waals surface area contributed by atoms with E-state index in [4.69, 9.17) is 9.05 Å². The van der Waals surface area contributed by atoms with Crippen molar-refractivity contribution >= 4 is 13.7 Å². The number of phosphoric acid groups is 1. The number of likely N-dealkylation sites (N-methyl/N-ethyl adjacent to an activating group) is 1. The topological polar surface area (TPSA) is 108 Å². The van der Waals surface area contributed by atoms with Crippen LogP contribution in [0.3, 0.4) is 0 Å². The Hall–Kier alpha value is -1.28. The number of aliphatic hydroxyl groups is 1. The maximum absolute atomic E-state index is 13.0. The minimum atomic E-state index is -4.61. The van der Waals surface area contributed by atoms with E-state index in [1.807, 2.05) is 27.2 Å². The Bertz CT molecular complexity index is 1190. The van der Waals surface area contributed by atoms with Gasteiger partial charge in [-0.2, -0.15) is 0 Å². The van der Waals surface area contributed by atoms with E-state index >= 15 is 0 Å². The largest absolute Gasteiger partial charge is 0.756 e. The fraction of sp³-hybridized carbons (Fsp3) is 0.879. The number of hydrogen-bond acceptors (Lipinski definition) is 6. The standard InChI is InChI=1S/C58H113N2O6P/c1-6-8-10-12-14-16-18-20-22-24-26-27-28-29-30-31-32-34-36-38-40-42-44-46-48-50-52-58(62)59-56(55-66-67(63,64)65-54-53-60(3,4)5)57(61)51-49-47-45-43-41-39-37-35-33-25-23-21-19-17-15-13-11-9-7-2/h33,35,41,43,49,51,56-57,61H,6-32,34,36-40,42,44-48,50,52-55H2,1-5H3,(H-,59,62,63,64)/b35-33+,43-41+,51-49+. The molecule has 0 saturated carbocycles. The van der Waals surface area contributed by atoms with Gasteiger partial charge in [0.15, 0.2) is 0 Å². The number of aliphatic hydroxyl groups excluding tert-OH is 1. The van der Waals surface area contributed by atoms with Crippen LogP contribution in [0.1, 0.15) is 277 Å². The van der Waals surface area contributed by atoms with E-state index in [0.717, 1.165) is 44.9 Å². The molecule has 9 heteroatoms. The van der Waals surface area contributed by atoms with Crippen LogP contribution in [-0.2, 0) is 18.4 Å². The summed E-state index contributed by atoms with van der Waals surface area (Å²) >= 11 is 0. The Morgan fingerprint density at radius 2 is 0.836 bits per heavy atom. The molecular weight excluding hydrogens is 852 g/mol. The fourth-order valence-corrected chi connectivity index (χ4v) is 9.26. The first-order valence-electron chi connectivity index (χ1n) is 28.9. The molecule has 3 atom stereocenters. The molecule has 0 saturated heterocycles. The molecule has 0 spiro atoms. The molecule has 0 bridgehead atoms. The predicted octanol–water partition coefficient (Wildman–Crippen LogP) is 16.7. The van der Waals surface area contributed by atoms with E-state index < -0.39 is 26.6 Å². The Balaban J connectivity index is 4.21. The molecule has 0 aromatic heterocycles. The van der Waals surface area contributed by atoms with E-state index in [-0.39, 0.29) is 12.5 Å². The van der Waals surface area contributed by atoms with Gasteiger partial charge in [0.2, 0.25) is 5.91 Å². The number of allylic oxidation sites excluding steroid dienone is 5. The molecule has 396 valence electrons. The van der Waals surface area contributed by atoms with Crippen molar-refractivity contribution in [3.05, 3.63) is 36.5 Å². The van der Waals surface area contributed by atoms with E-state index in [1.54, 1.807) is 6.08 Å². The first-order chi connectivity index (χ1) is 32.5. The van der Waals surface area contributed by atoms with Gasteiger partial charge in [-0.05, 0) is 44.9 Å². The molecule has 8 nitrogen and oxygen atoms in total. The maximum Gasteiger partial charge on any atom is 0.268 e. The lowest BCUT2D eigenvalue weighted by Gasteiger charge is -2.29. The molecule has 0 radical (unpaired) electrons.